The van der Waals surface area contributed by atoms with Gasteiger partial charge in [-0.15, -0.1) is 0 Å². The molecule has 1 N–H and O–H groups in total. The quantitative estimate of drug-likeness (QED) is 0.860. The molecule has 0 aliphatic heterocycles. The fourth-order valence-electron chi connectivity index (χ4n) is 2.72. The Hall–Kier alpha value is -1.02. The van der Waals surface area contributed by atoms with Gasteiger partial charge >= 0.3 is 0 Å². The minimum atomic E-state index is -0.363. The van der Waals surface area contributed by atoms with E-state index in [0.29, 0.717) is 12.5 Å². The molecule has 1 unspecified atom stereocenters. The molecule has 0 bridgehead atoms. The number of aliphatic hydroxyl groups excluding tert-OH is 1. The predicted molar refractivity (Wildman–Crippen MR) is 69.1 cm³/mol. The summed E-state index contributed by atoms with van der Waals surface area (Å²) in [6.07, 6.45) is 5.73. The summed E-state index contributed by atoms with van der Waals surface area (Å²) >= 11 is 0. The Kier molecular flexibility index (Phi) is 4.43. The summed E-state index contributed by atoms with van der Waals surface area (Å²) in [4.78, 5) is 0. The molecule has 1 aromatic rings. The van der Waals surface area contributed by atoms with Crippen molar-refractivity contribution in [3.63, 3.8) is 0 Å². The highest BCUT2D eigenvalue weighted by Gasteiger charge is 2.25. The molecule has 2 rings (SSSR count). The Labute approximate surface area is 104 Å². The first-order chi connectivity index (χ1) is 8.33. The zero-order chi connectivity index (χ0) is 12.1. The highest BCUT2D eigenvalue weighted by atomic mass is 16.5. The zero-order valence-electron chi connectivity index (χ0n) is 10.6. The van der Waals surface area contributed by atoms with E-state index in [1.54, 1.807) is 0 Å². The van der Waals surface area contributed by atoms with Gasteiger partial charge in [0.1, 0.15) is 5.75 Å². The van der Waals surface area contributed by atoms with Gasteiger partial charge < -0.3 is 9.84 Å². The average Bonchev–Trinajstić information content (AvgIpc) is 2.40. The van der Waals surface area contributed by atoms with Crippen LogP contribution < -0.4 is 4.74 Å². The number of ether oxygens (including phenoxy) is 1. The van der Waals surface area contributed by atoms with Crippen molar-refractivity contribution in [2.75, 3.05) is 6.61 Å². The summed E-state index contributed by atoms with van der Waals surface area (Å²) in [6, 6.07) is 7.88. The van der Waals surface area contributed by atoms with Crippen molar-refractivity contribution >= 4 is 0 Å². The van der Waals surface area contributed by atoms with Crippen molar-refractivity contribution in [2.24, 2.45) is 5.92 Å². The predicted octanol–water partition coefficient (Wildman–Crippen LogP) is 3.70. The molecule has 94 valence electrons. The molecule has 1 saturated carbocycles. The molecule has 2 heteroatoms. The Morgan fingerprint density at radius 2 is 1.94 bits per heavy atom. The first-order valence-corrected chi connectivity index (χ1v) is 6.72. The minimum Gasteiger partial charge on any atom is -0.493 e. The number of hydrogen-bond donors (Lipinski definition) is 1. The van der Waals surface area contributed by atoms with Crippen molar-refractivity contribution in [3.05, 3.63) is 29.8 Å². The second-order valence-electron chi connectivity index (χ2n) is 4.81. The van der Waals surface area contributed by atoms with Gasteiger partial charge in [0.25, 0.3) is 0 Å². The molecule has 0 heterocycles. The van der Waals surface area contributed by atoms with E-state index in [-0.39, 0.29) is 6.10 Å². The molecule has 0 amide bonds. The lowest BCUT2D eigenvalue weighted by molar-refractivity contribution is 0.0819. The van der Waals surface area contributed by atoms with Crippen LogP contribution >= 0.6 is 0 Å². The SMILES string of the molecule is CCOc1ccccc1C(O)C1CCCCC1. The first-order valence-electron chi connectivity index (χ1n) is 6.72. The van der Waals surface area contributed by atoms with Crippen molar-refractivity contribution in [3.8, 4) is 5.75 Å². The molecular weight excluding hydrogens is 212 g/mol. The summed E-state index contributed by atoms with van der Waals surface area (Å²) < 4.78 is 5.59. The van der Waals surface area contributed by atoms with Gasteiger partial charge in [0, 0.05) is 5.56 Å². The van der Waals surface area contributed by atoms with Crippen LogP contribution in [0.2, 0.25) is 0 Å². The maximum atomic E-state index is 10.5. The molecule has 1 atom stereocenters. The molecule has 1 aliphatic carbocycles. The standard InChI is InChI=1S/C15H22O2/c1-2-17-14-11-7-6-10-13(14)15(16)12-8-4-3-5-9-12/h6-7,10-12,15-16H,2-5,8-9H2,1H3. The van der Waals surface area contributed by atoms with Gasteiger partial charge in [-0.25, -0.2) is 0 Å². The van der Waals surface area contributed by atoms with E-state index in [1.807, 2.05) is 31.2 Å². The molecule has 0 spiro atoms. The fourth-order valence-corrected chi connectivity index (χ4v) is 2.72. The molecule has 0 saturated heterocycles. The average molecular weight is 234 g/mol. The van der Waals surface area contributed by atoms with Gasteiger partial charge in [0.05, 0.1) is 12.7 Å². The first kappa shape index (κ1) is 12.4. The van der Waals surface area contributed by atoms with Gasteiger partial charge in [-0.3, -0.25) is 0 Å². The normalized spacial score (nSPS) is 18.9. The van der Waals surface area contributed by atoms with Crippen molar-refractivity contribution < 1.29 is 9.84 Å². The number of benzene rings is 1. The van der Waals surface area contributed by atoms with Crippen LogP contribution in [-0.2, 0) is 0 Å². The lowest BCUT2D eigenvalue weighted by atomic mass is 9.82. The maximum Gasteiger partial charge on any atom is 0.125 e. The maximum absolute atomic E-state index is 10.5. The Balaban J connectivity index is 2.14. The van der Waals surface area contributed by atoms with Crippen molar-refractivity contribution in [2.45, 2.75) is 45.1 Å². The van der Waals surface area contributed by atoms with Gasteiger partial charge in [-0.2, -0.15) is 0 Å². The third-order valence-corrected chi connectivity index (χ3v) is 3.63. The number of hydrogen-bond acceptors (Lipinski definition) is 2. The second kappa shape index (κ2) is 6.06. The lowest BCUT2D eigenvalue weighted by Gasteiger charge is -2.27. The van der Waals surface area contributed by atoms with E-state index in [0.717, 1.165) is 24.2 Å². The van der Waals surface area contributed by atoms with Crippen LogP contribution in [0.1, 0.15) is 50.7 Å². The van der Waals surface area contributed by atoms with Crippen LogP contribution in [0.25, 0.3) is 0 Å². The number of aliphatic hydroxyl groups is 1. The number of para-hydroxylation sites is 1. The summed E-state index contributed by atoms with van der Waals surface area (Å²) in [6.45, 7) is 2.62. The van der Waals surface area contributed by atoms with E-state index in [1.165, 1.54) is 19.3 Å². The van der Waals surface area contributed by atoms with Crippen LogP contribution in [-0.4, -0.2) is 11.7 Å². The molecular formula is C15H22O2. The zero-order valence-corrected chi connectivity index (χ0v) is 10.6. The molecule has 1 aromatic carbocycles. The van der Waals surface area contributed by atoms with Crippen LogP contribution in [0.5, 0.6) is 5.75 Å². The number of rotatable bonds is 4. The van der Waals surface area contributed by atoms with Gasteiger partial charge in [-0.05, 0) is 31.7 Å². The van der Waals surface area contributed by atoms with Crippen LogP contribution in [0.15, 0.2) is 24.3 Å². The summed E-state index contributed by atoms with van der Waals surface area (Å²) in [5, 5.41) is 10.5. The third kappa shape index (κ3) is 3.01. The molecule has 1 aliphatic rings. The Morgan fingerprint density at radius 1 is 1.24 bits per heavy atom. The molecule has 0 radical (unpaired) electrons. The molecule has 1 fully saturated rings. The second-order valence-corrected chi connectivity index (χ2v) is 4.81. The highest BCUT2D eigenvalue weighted by molar-refractivity contribution is 5.35. The molecule has 2 nitrogen and oxygen atoms in total. The van der Waals surface area contributed by atoms with Gasteiger partial charge in [0.15, 0.2) is 0 Å². The van der Waals surface area contributed by atoms with Crippen LogP contribution in [0.4, 0.5) is 0 Å². The van der Waals surface area contributed by atoms with E-state index in [2.05, 4.69) is 0 Å². The van der Waals surface area contributed by atoms with Crippen molar-refractivity contribution in [1.29, 1.82) is 0 Å². The van der Waals surface area contributed by atoms with E-state index in [4.69, 9.17) is 4.74 Å². The summed E-state index contributed by atoms with van der Waals surface area (Å²) in [7, 11) is 0. The van der Waals surface area contributed by atoms with Gasteiger partial charge in [0.2, 0.25) is 0 Å². The van der Waals surface area contributed by atoms with Crippen molar-refractivity contribution in [1.82, 2.24) is 0 Å². The fraction of sp³-hybridized carbons (Fsp3) is 0.600. The smallest absolute Gasteiger partial charge is 0.125 e. The largest absolute Gasteiger partial charge is 0.493 e. The molecule has 17 heavy (non-hydrogen) atoms. The minimum absolute atomic E-state index is 0.363. The lowest BCUT2D eigenvalue weighted by Crippen LogP contribution is -2.16. The summed E-state index contributed by atoms with van der Waals surface area (Å²) in [5.41, 5.74) is 0.959. The Morgan fingerprint density at radius 3 is 2.65 bits per heavy atom. The van der Waals surface area contributed by atoms with Crippen LogP contribution in [0.3, 0.4) is 0 Å². The Bertz CT molecular complexity index is 343. The van der Waals surface area contributed by atoms with E-state index < -0.39 is 0 Å². The van der Waals surface area contributed by atoms with E-state index in [9.17, 15) is 5.11 Å². The topological polar surface area (TPSA) is 29.5 Å². The molecule has 0 aromatic heterocycles. The summed E-state index contributed by atoms with van der Waals surface area (Å²) in [5.74, 6) is 1.25. The van der Waals surface area contributed by atoms with Crippen LogP contribution in [0, 0.1) is 5.92 Å². The van der Waals surface area contributed by atoms with Gasteiger partial charge in [-0.1, -0.05) is 37.5 Å². The third-order valence-electron chi connectivity index (χ3n) is 3.63. The highest BCUT2D eigenvalue weighted by Crippen LogP contribution is 2.37. The van der Waals surface area contributed by atoms with E-state index >= 15 is 0 Å². The monoisotopic (exact) mass is 234 g/mol.